The van der Waals surface area contributed by atoms with Gasteiger partial charge in [0.2, 0.25) is 0 Å². The molecule has 2 amide bonds. The van der Waals surface area contributed by atoms with E-state index < -0.39 is 5.97 Å². The second-order valence-corrected chi connectivity index (χ2v) is 5.37. The van der Waals surface area contributed by atoms with Crippen LogP contribution in [0.1, 0.15) is 12.8 Å². The van der Waals surface area contributed by atoms with E-state index in [4.69, 9.17) is 9.84 Å². The zero-order valence-corrected chi connectivity index (χ0v) is 13.4. The van der Waals surface area contributed by atoms with Crippen LogP contribution in [-0.4, -0.2) is 48.8 Å². The minimum absolute atomic E-state index is 0.0523. The van der Waals surface area contributed by atoms with E-state index in [-0.39, 0.29) is 12.5 Å². The molecule has 0 radical (unpaired) electrons. The normalized spacial score (nSPS) is 10.0. The zero-order chi connectivity index (χ0) is 15.7. The largest absolute Gasteiger partial charge is 0.492 e. The molecule has 0 aliphatic rings. The van der Waals surface area contributed by atoms with E-state index in [2.05, 4.69) is 21.2 Å². The molecule has 0 atom stereocenters. The number of nitrogens with one attached hydrogen (secondary N) is 1. The fourth-order valence-electron chi connectivity index (χ4n) is 1.50. The molecular weight excluding hydrogens is 340 g/mol. The van der Waals surface area contributed by atoms with Gasteiger partial charge in [0.25, 0.3) is 0 Å². The van der Waals surface area contributed by atoms with Crippen LogP contribution in [0.4, 0.5) is 4.79 Å². The van der Waals surface area contributed by atoms with Gasteiger partial charge in [0.05, 0.1) is 6.54 Å². The van der Waals surface area contributed by atoms with Crippen LogP contribution in [0.25, 0.3) is 0 Å². The van der Waals surface area contributed by atoms with Crippen LogP contribution in [0.15, 0.2) is 28.7 Å². The third-order valence-corrected chi connectivity index (χ3v) is 3.23. The maximum Gasteiger partial charge on any atom is 0.317 e. The molecule has 0 fully saturated rings. The van der Waals surface area contributed by atoms with Crippen LogP contribution in [0.2, 0.25) is 0 Å². The van der Waals surface area contributed by atoms with Crippen LogP contribution < -0.4 is 10.1 Å². The van der Waals surface area contributed by atoms with Crippen molar-refractivity contribution in [3.05, 3.63) is 28.7 Å². The number of carboxylic acids is 1. The third-order valence-electron chi connectivity index (χ3n) is 2.70. The number of ether oxygens (including phenoxy) is 1. The van der Waals surface area contributed by atoms with Gasteiger partial charge >= 0.3 is 12.0 Å². The van der Waals surface area contributed by atoms with Crippen molar-refractivity contribution in [1.29, 1.82) is 0 Å². The Bertz CT molecular complexity index is 465. The van der Waals surface area contributed by atoms with Crippen LogP contribution in [0.5, 0.6) is 5.75 Å². The van der Waals surface area contributed by atoms with Gasteiger partial charge in [-0.15, -0.1) is 0 Å². The molecule has 7 heteroatoms. The molecule has 0 aromatic heterocycles. The van der Waals surface area contributed by atoms with Crippen molar-refractivity contribution in [3.63, 3.8) is 0 Å². The van der Waals surface area contributed by atoms with Gasteiger partial charge in [-0.3, -0.25) is 4.79 Å². The minimum Gasteiger partial charge on any atom is -0.492 e. The van der Waals surface area contributed by atoms with Gasteiger partial charge in [-0.25, -0.2) is 4.79 Å². The maximum atomic E-state index is 11.7. The molecule has 1 rings (SSSR count). The number of benzene rings is 1. The van der Waals surface area contributed by atoms with E-state index in [0.29, 0.717) is 26.1 Å². The molecule has 0 aliphatic carbocycles. The smallest absolute Gasteiger partial charge is 0.317 e. The number of aliphatic carboxylic acids is 1. The topological polar surface area (TPSA) is 78.9 Å². The number of hydrogen-bond donors (Lipinski definition) is 2. The lowest BCUT2D eigenvalue weighted by atomic mass is 10.3. The first-order chi connectivity index (χ1) is 9.99. The highest BCUT2D eigenvalue weighted by molar-refractivity contribution is 9.10. The van der Waals surface area contributed by atoms with Gasteiger partial charge in [0.1, 0.15) is 12.4 Å². The van der Waals surface area contributed by atoms with Crippen LogP contribution in [0, 0.1) is 0 Å². The van der Waals surface area contributed by atoms with E-state index in [1.165, 1.54) is 4.90 Å². The molecule has 0 spiro atoms. The molecule has 0 unspecified atom stereocenters. The van der Waals surface area contributed by atoms with Crippen molar-refractivity contribution in [2.75, 3.05) is 26.7 Å². The number of rotatable bonds is 8. The summed E-state index contributed by atoms with van der Waals surface area (Å²) in [6, 6.07) is 7.22. The lowest BCUT2D eigenvalue weighted by Crippen LogP contribution is -2.39. The number of likely N-dealkylation sites (N-methyl/N-ethyl adjacent to an activating group) is 1. The molecule has 0 saturated carbocycles. The van der Waals surface area contributed by atoms with Crippen LogP contribution in [0.3, 0.4) is 0 Å². The highest BCUT2D eigenvalue weighted by Gasteiger charge is 2.07. The van der Waals surface area contributed by atoms with Gasteiger partial charge in [0.15, 0.2) is 0 Å². The van der Waals surface area contributed by atoms with E-state index in [0.717, 1.165) is 10.2 Å². The molecule has 0 bridgehead atoms. The van der Waals surface area contributed by atoms with Crippen molar-refractivity contribution >= 4 is 27.9 Å². The van der Waals surface area contributed by atoms with Crippen molar-refractivity contribution in [2.45, 2.75) is 12.8 Å². The van der Waals surface area contributed by atoms with Crippen LogP contribution >= 0.6 is 15.9 Å². The SMILES string of the molecule is CN(CCOc1ccc(Br)cc1)C(=O)NCCCC(=O)O. The summed E-state index contributed by atoms with van der Waals surface area (Å²) in [4.78, 5) is 23.5. The average Bonchev–Trinajstić information content (AvgIpc) is 2.45. The van der Waals surface area contributed by atoms with Gasteiger partial charge < -0.3 is 20.1 Å². The number of carbonyl (C=O) groups excluding carboxylic acids is 1. The summed E-state index contributed by atoms with van der Waals surface area (Å²) in [5.41, 5.74) is 0. The van der Waals surface area contributed by atoms with Crippen molar-refractivity contribution in [2.24, 2.45) is 0 Å². The molecule has 1 aromatic carbocycles. The number of amides is 2. The Morgan fingerprint density at radius 2 is 2.00 bits per heavy atom. The van der Waals surface area contributed by atoms with E-state index in [9.17, 15) is 9.59 Å². The summed E-state index contributed by atoms with van der Waals surface area (Å²) in [5, 5.41) is 11.1. The van der Waals surface area contributed by atoms with Crippen molar-refractivity contribution < 1.29 is 19.4 Å². The van der Waals surface area contributed by atoms with E-state index >= 15 is 0 Å². The molecular formula is C14H19BrN2O4. The quantitative estimate of drug-likeness (QED) is 0.699. The average molecular weight is 359 g/mol. The highest BCUT2D eigenvalue weighted by atomic mass is 79.9. The Labute approximate surface area is 132 Å². The minimum atomic E-state index is -0.861. The maximum absolute atomic E-state index is 11.7. The second kappa shape index (κ2) is 9.23. The summed E-state index contributed by atoms with van der Waals surface area (Å²) in [6.07, 6.45) is 0.473. The monoisotopic (exact) mass is 358 g/mol. The molecule has 6 nitrogen and oxygen atoms in total. The van der Waals surface area contributed by atoms with Gasteiger partial charge in [0, 0.05) is 24.5 Å². The lowest BCUT2D eigenvalue weighted by Gasteiger charge is -2.18. The second-order valence-electron chi connectivity index (χ2n) is 4.45. The third kappa shape index (κ3) is 7.55. The molecule has 21 heavy (non-hydrogen) atoms. The molecule has 0 saturated heterocycles. The Morgan fingerprint density at radius 3 is 2.62 bits per heavy atom. The highest BCUT2D eigenvalue weighted by Crippen LogP contribution is 2.15. The number of nitrogens with zero attached hydrogens (tertiary/aromatic N) is 1. The van der Waals surface area contributed by atoms with E-state index in [1.54, 1.807) is 7.05 Å². The summed E-state index contributed by atoms with van der Waals surface area (Å²) >= 11 is 3.34. The molecule has 2 N–H and O–H groups in total. The zero-order valence-electron chi connectivity index (χ0n) is 11.8. The Morgan fingerprint density at radius 1 is 1.33 bits per heavy atom. The first-order valence-corrected chi connectivity index (χ1v) is 7.37. The standard InChI is InChI=1S/C14H19BrN2O4/c1-17(14(20)16-8-2-3-13(18)19)9-10-21-12-6-4-11(15)5-7-12/h4-7H,2-3,8-10H2,1H3,(H,16,20)(H,18,19). The van der Waals surface area contributed by atoms with Crippen LogP contribution in [-0.2, 0) is 4.79 Å². The van der Waals surface area contributed by atoms with Crippen molar-refractivity contribution in [1.82, 2.24) is 10.2 Å². The fraction of sp³-hybridized carbons (Fsp3) is 0.429. The van der Waals surface area contributed by atoms with Crippen molar-refractivity contribution in [3.8, 4) is 5.75 Å². The first-order valence-electron chi connectivity index (χ1n) is 6.58. The molecule has 0 aliphatic heterocycles. The van der Waals surface area contributed by atoms with Gasteiger partial charge in [-0.2, -0.15) is 0 Å². The number of carboxylic acid groups (broad SMARTS) is 1. The Balaban J connectivity index is 2.17. The predicted octanol–water partition coefficient (Wildman–Crippen LogP) is 2.33. The summed E-state index contributed by atoms with van der Waals surface area (Å²) in [7, 11) is 1.66. The van der Waals surface area contributed by atoms with Gasteiger partial charge in [-0.1, -0.05) is 15.9 Å². The Kier molecular flexibility index (Phi) is 7.60. The lowest BCUT2D eigenvalue weighted by molar-refractivity contribution is -0.137. The summed E-state index contributed by atoms with van der Waals surface area (Å²) < 4.78 is 6.50. The first kappa shape index (κ1) is 17.3. The predicted molar refractivity (Wildman–Crippen MR) is 82.5 cm³/mol. The summed E-state index contributed by atoms with van der Waals surface area (Å²) in [6.45, 7) is 1.19. The molecule has 0 heterocycles. The number of urea groups is 1. The summed E-state index contributed by atoms with van der Waals surface area (Å²) in [5.74, 6) is -0.117. The molecule has 1 aromatic rings. The Hall–Kier alpha value is -1.76. The number of halogens is 1. The van der Waals surface area contributed by atoms with E-state index in [1.807, 2.05) is 24.3 Å². The fourth-order valence-corrected chi connectivity index (χ4v) is 1.77. The molecule has 116 valence electrons. The van der Waals surface area contributed by atoms with Gasteiger partial charge in [-0.05, 0) is 30.7 Å². The number of hydrogen-bond acceptors (Lipinski definition) is 3. The number of carbonyl (C=O) groups is 2.